The van der Waals surface area contributed by atoms with Gasteiger partial charge in [-0.1, -0.05) is 48.2 Å². The fraction of sp³-hybridized carbons (Fsp3) is 0.0526. The standard InChI is InChI=1S/C19H14FN3S/c1-24-19-22-18(12-17-10-11-21-23(17)19)15-4-2-13(3-5-15)14-6-8-16(20)9-7-14/h2-12H,1H3. The molecule has 3 nitrogen and oxygen atoms in total. The number of hydrogen-bond acceptors (Lipinski definition) is 3. The van der Waals surface area contributed by atoms with Gasteiger partial charge in [-0.2, -0.15) is 5.10 Å². The van der Waals surface area contributed by atoms with Gasteiger partial charge in [-0.25, -0.2) is 13.9 Å². The summed E-state index contributed by atoms with van der Waals surface area (Å²) >= 11 is 1.57. The number of benzene rings is 2. The van der Waals surface area contributed by atoms with Gasteiger partial charge in [0.1, 0.15) is 5.82 Å². The van der Waals surface area contributed by atoms with Crippen LogP contribution in [0.5, 0.6) is 0 Å². The summed E-state index contributed by atoms with van der Waals surface area (Å²) in [6.07, 6.45) is 3.77. The molecule has 2 heterocycles. The van der Waals surface area contributed by atoms with E-state index < -0.39 is 0 Å². The molecule has 0 atom stereocenters. The summed E-state index contributed by atoms with van der Waals surface area (Å²) in [6, 6.07) is 18.7. The topological polar surface area (TPSA) is 30.2 Å². The molecule has 2 aromatic heterocycles. The lowest BCUT2D eigenvalue weighted by atomic mass is 10.0. The minimum absolute atomic E-state index is 0.224. The van der Waals surface area contributed by atoms with Crippen molar-refractivity contribution >= 4 is 17.3 Å². The minimum Gasteiger partial charge on any atom is -0.222 e. The van der Waals surface area contributed by atoms with Crippen LogP contribution < -0.4 is 0 Å². The predicted molar refractivity (Wildman–Crippen MR) is 95.6 cm³/mol. The van der Waals surface area contributed by atoms with Crippen LogP contribution in [0.25, 0.3) is 27.9 Å². The van der Waals surface area contributed by atoms with E-state index in [-0.39, 0.29) is 5.82 Å². The molecule has 0 aliphatic carbocycles. The number of hydrogen-bond donors (Lipinski definition) is 0. The lowest BCUT2D eigenvalue weighted by molar-refractivity contribution is 0.628. The van der Waals surface area contributed by atoms with Gasteiger partial charge in [0.15, 0.2) is 5.16 Å². The maximum absolute atomic E-state index is 13.0. The largest absolute Gasteiger partial charge is 0.222 e. The average Bonchev–Trinajstić information content (AvgIpc) is 3.10. The Balaban J connectivity index is 1.73. The van der Waals surface area contributed by atoms with Gasteiger partial charge >= 0.3 is 0 Å². The monoisotopic (exact) mass is 335 g/mol. The molecule has 0 saturated heterocycles. The maximum Gasteiger partial charge on any atom is 0.189 e. The second-order valence-corrected chi connectivity index (χ2v) is 6.15. The molecule has 4 aromatic rings. The Bertz CT molecular complexity index is 991. The molecule has 0 amide bonds. The Labute approximate surface area is 143 Å². The van der Waals surface area contributed by atoms with E-state index in [0.29, 0.717) is 0 Å². The highest BCUT2D eigenvalue weighted by molar-refractivity contribution is 7.98. The van der Waals surface area contributed by atoms with Gasteiger partial charge in [0.25, 0.3) is 0 Å². The molecule has 0 aliphatic rings. The van der Waals surface area contributed by atoms with Crippen LogP contribution in [0.2, 0.25) is 0 Å². The highest BCUT2D eigenvalue weighted by Crippen LogP contribution is 2.26. The van der Waals surface area contributed by atoms with E-state index >= 15 is 0 Å². The lowest BCUT2D eigenvalue weighted by Gasteiger charge is -2.07. The lowest BCUT2D eigenvalue weighted by Crippen LogP contribution is -1.97. The van der Waals surface area contributed by atoms with Crippen molar-refractivity contribution in [3.8, 4) is 22.4 Å². The molecule has 0 saturated carbocycles. The van der Waals surface area contributed by atoms with Gasteiger partial charge in [0.05, 0.1) is 17.4 Å². The third-order valence-corrected chi connectivity index (χ3v) is 4.52. The van der Waals surface area contributed by atoms with Crippen LogP contribution in [0.1, 0.15) is 0 Å². The summed E-state index contributed by atoms with van der Waals surface area (Å²) in [4.78, 5) is 4.69. The van der Waals surface area contributed by atoms with E-state index in [1.54, 1.807) is 30.1 Å². The molecule has 0 radical (unpaired) electrons. The van der Waals surface area contributed by atoms with Crippen molar-refractivity contribution in [2.24, 2.45) is 0 Å². The quantitative estimate of drug-likeness (QED) is 0.393. The molecule has 0 N–H and O–H groups in total. The van der Waals surface area contributed by atoms with E-state index in [4.69, 9.17) is 0 Å². The van der Waals surface area contributed by atoms with Crippen molar-refractivity contribution in [2.75, 3.05) is 6.26 Å². The van der Waals surface area contributed by atoms with Crippen molar-refractivity contribution in [1.29, 1.82) is 0 Å². The van der Waals surface area contributed by atoms with Crippen molar-refractivity contribution < 1.29 is 4.39 Å². The van der Waals surface area contributed by atoms with E-state index in [1.807, 2.05) is 47.2 Å². The van der Waals surface area contributed by atoms with Crippen LogP contribution in [0.15, 0.2) is 72.0 Å². The van der Waals surface area contributed by atoms with E-state index in [1.165, 1.54) is 12.1 Å². The molecular formula is C19H14FN3S. The summed E-state index contributed by atoms with van der Waals surface area (Å²) in [7, 11) is 0. The Morgan fingerprint density at radius 3 is 2.17 bits per heavy atom. The molecule has 2 aromatic carbocycles. The van der Waals surface area contributed by atoms with Crippen LogP contribution in [0, 0.1) is 5.82 Å². The normalized spacial score (nSPS) is 11.1. The molecule has 0 fully saturated rings. The SMILES string of the molecule is CSc1nc(-c2ccc(-c3ccc(F)cc3)cc2)cc2ccnn12. The Morgan fingerprint density at radius 1 is 0.875 bits per heavy atom. The number of nitrogens with zero attached hydrogens (tertiary/aromatic N) is 3. The number of halogens is 1. The van der Waals surface area contributed by atoms with Gasteiger partial charge in [0, 0.05) is 5.56 Å². The van der Waals surface area contributed by atoms with E-state index in [0.717, 1.165) is 33.1 Å². The minimum atomic E-state index is -0.224. The molecule has 0 aliphatic heterocycles. The molecule has 4 rings (SSSR count). The van der Waals surface area contributed by atoms with Crippen LogP contribution in [0.4, 0.5) is 4.39 Å². The van der Waals surface area contributed by atoms with Gasteiger partial charge in [-0.15, -0.1) is 0 Å². The fourth-order valence-electron chi connectivity index (χ4n) is 2.66. The van der Waals surface area contributed by atoms with Crippen molar-refractivity contribution in [3.63, 3.8) is 0 Å². The highest BCUT2D eigenvalue weighted by Gasteiger charge is 2.08. The Morgan fingerprint density at radius 2 is 1.50 bits per heavy atom. The van der Waals surface area contributed by atoms with Crippen molar-refractivity contribution in [3.05, 3.63) is 72.7 Å². The number of aromatic nitrogens is 3. The number of thioether (sulfide) groups is 1. The molecule has 24 heavy (non-hydrogen) atoms. The van der Waals surface area contributed by atoms with Crippen LogP contribution in [-0.4, -0.2) is 20.9 Å². The first kappa shape index (κ1) is 14.9. The van der Waals surface area contributed by atoms with E-state index in [9.17, 15) is 4.39 Å². The van der Waals surface area contributed by atoms with Gasteiger partial charge in [-0.3, -0.25) is 0 Å². The molecule has 0 bridgehead atoms. The number of rotatable bonds is 3. The van der Waals surface area contributed by atoms with Crippen LogP contribution in [-0.2, 0) is 0 Å². The zero-order valence-electron chi connectivity index (χ0n) is 13.0. The zero-order valence-corrected chi connectivity index (χ0v) is 13.8. The maximum atomic E-state index is 13.0. The summed E-state index contributed by atoms with van der Waals surface area (Å²) in [5.41, 5.74) is 5.02. The third kappa shape index (κ3) is 2.67. The summed E-state index contributed by atoms with van der Waals surface area (Å²) < 4.78 is 14.9. The van der Waals surface area contributed by atoms with Crippen molar-refractivity contribution in [1.82, 2.24) is 14.6 Å². The second-order valence-electron chi connectivity index (χ2n) is 5.38. The predicted octanol–water partition coefficient (Wildman–Crippen LogP) is 4.92. The first-order valence-corrected chi connectivity index (χ1v) is 8.72. The van der Waals surface area contributed by atoms with Crippen molar-refractivity contribution in [2.45, 2.75) is 5.16 Å². The first-order valence-electron chi connectivity index (χ1n) is 7.50. The van der Waals surface area contributed by atoms with Gasteiger partial charge in [-0.05, 0) is 41.6 Å². The van der Waals surface area contributed by atoms with Crippen LogP contribution >= 0.6 is 11.8 Å². The highest BCUT2D eigenvalue weighted by atomic mass is 32.2. The molecule has 118 valence electrons. The van der Waals surface area contributed by atoms with Gasteiger partial charge < -0.3 is 0 Å². The average molecular weight is 335 g/mol. The smallest absolute Gasteiger partial charge is 0.189 e. The van der Waals surface area contributed by atoms with Crippen LogP contribution in [0.3, 0.4) is 0 Å². The molecule has 0 unspecified atom stereocenters. The summed E-state index contributed by atoms with van der Waals surface area (Å²) in [5.74, 6) is -0.224. The fourth-order valence-corrected chi connectivity index (χ4v) is 3.18. The number of fused-ring (bicyclic) bond motifs is 1. The third-order valence-electron chi connectivity index (χ3n) is 3.89. The summed E-state index contributed by atoms with van der Waals surface area (Å²) in [6.45, 7) is 0. The summed E-state index contributed by atoms with van der Waals surface area (Å²) in [5, 5.41) is 5.14. The molecule has 5 heteroatoms. The zero-order chi connectivity index (χ0) is 16.5. The van der Waals surface area contributed by atoms with Gasteiger partial charge in [0.2, 0.25) is 0 Å². The Hall–Kier alpha value is -2.66. The first-order chi connectivity index (χ1) is 11.7. The second kappa shape index (κ2) is 6.09. The van der Waals surface area contributed by atoms with E-state index in [2.05, 4.69) is 10.1 Å². The Kier molecular flexibility index (Phi) is 3.78. The molecule has 0 spiro atoms. The molecular weight excluding hydrogens is 321 g/mol.